The third-order valence-corrected chi connectivity index (χ3v) is 4.76. The summed E-state index contributed by atoms with van der Waals surface area (Å²) in [5.74, 6) is -0.511. The molecule has 1 aromatic heterocycles. The van der Waals surface area contributed by atoms with Crippen LogP contribution in [0.25, 0.3) is 0 Å². The van der Waals surface area contributed by atoms with Gasteiger partial charge in [-0.25, -0.2) is 13.6 Å². The quantitative estimate of drug-likeness (QED) is 0.825. The summed E-state index contributed by atoms with van der Waals surface area (Å²) < 4.78 is 22.2. The van der Waals surface area contributed by atoms with Gasteiger partial charge in [0.15, 0.2) is 0 Å². The van der Waals surface area contributed by atoms with Crippen molar-refractivity contribution in [2.24, 2.45) is 11.1 Å². The van der Waals surface area contributed by atoms with Gasteiger partial charge in [0, 0.05) is 18.8 Å². The van der Waals surface area contributed by atoms with Gasteiger partial charge >= 0.3 is 0 Å². The molecule has 2 rings (SSSR count). The van der Waals surface area contributed by atoms with E-state index in [2.05, 4.69) is 4.98 Å². The fraction of sp³-hybridized carbons (Fsp3) is 0.571. The maximum atomic E-state index is 12.4. The molecular formula is C14H21N3O4S. The van der Waals surface area contributed by atoms with Crippen LogP contribution >= 0.6 is 0 Å². The molecule has 0 aliphatic carbocycles. The molecule has 1 atom stereocenters. The molecule has 1 aliphatic rings. The van der Waals surface area contributed by atoms with E-state index in [9.17, 15) is 18.0 Å². The topological polar surface area (TPSA) is 113 Å². The van der Waals surface area contributed by atoms with Crippen LogP contribution in [0.1, 0.15) is 42.2 Å². The van der Waals surface area contributed by atoms with Gasteiger partial charge in [-0.1, -0.05) is 13.8 Å². The zero-order valence-electron chi connectivity index (χ0n) is 12.7. The van der Waals surface area contributed by atoms with Crippen LogP contribution in [0, 0.1) is 5.92 Å². The van der Waals surface area contributed by atoms with Gasteiger partial charge in [-0.15, -0.1) is 0 Å². The van der Waals surface area contributed by atoms with Crippen molar-refractivity contribution in [1.29, 1.82) is 0 Å². The fourth-order valence-corrected chi connectivity index (χ4v) is 3.58. The minimum Gasteiger partial charge on any atom is -0.338 e. The van der Waals surface area contributed by atoms with Gasteiger partial charge in [0.2, 0.25) is 10.0 Å². The minimum absolute atomic E-state index is 0.0839. The lowest BCUT2D eigenvalue weighted by molar-refractivity contribution is 0.0786. The van der Waals surface area contributed by atoms with Crippen LogP contribution in [0.5, 0.6) is 0 Å². The number of pyridine rings is 1. The zero-order chi connectivity index (χ0) is 16.5. The number of nitrogens with one attached hydrogen (secondary N) is 1. The lowest BCUT2D eigenvalue weighted by Gasteiger charge is -2.16. The Bertz CT molecular complexity index is 724. The number of aromatic amines is 1. The Balaban J connectivity index is 2.12. The van der Waals surface area contributed by atoms with Crippen molar-refractivity contribution in [2.75, 3.05) is 18.8 Å². The molecule has 8 heteroatoms. The highest BCUT2D eigenvalue weighted by Gasteiger charge is 2.30. The second kappa shape index (κ2) is 6.21. The molecule has 3 N–H and O–H groups in total. The lowest BCUT2D eigenvalue weighted by atomic mass is 10.1. The van der Waals surface area contributed by atoms with Crippen LogP contribution in [0.4, 0.5) is 0 Å². The minimum atomic E-state index is -3.55. The largest absolute Gasteiger partial charge is 0.338 e. The van der Waals surface area contributed by atoms with Gasteiger partial charge in [-0.3, -0.25) is 9.59 Å². The molecule has 22 heavy (non-hydrogen) atoms. The summed E-state index contributed by atoms with van der Waals surface area (Å²) in [5, 5.41) is 5.03. The number of carbonyl (C=O) groups is 1. The van der Waals surface area contributed by atoms with Gasteiger partial charge in [-0.05, 0) is 30.4 Å². The van der Waals surface area contributed by atoms with E-state index in [0.717, 1.165) is 5.69 Å². The number of sulfonamides is 1. The van der Waals surface area contributed by atoms with E-state index in [4.69, 9.17) is 5.14 Å². The predicted octanol–water partition coefficient (Wildman–Crippen LogP) is 0.249. The molecule has 7 nitrogen and oxygen atoms in total. The molecule has 1 saturated heterocycles. The molecule has 0 aromatic carbocycles. The van der Waals surface area contributed by atoms with Crippen molar-refractivity contribution >= 4 is 15.9 Å². The highest BCUT2D eigenvalue weighted by molar-refractivity contribution is 7.89. The Hall–Kier alpha value is -1.67. The number of rotatable bonds is 4. The summed E-state index contributed by atoms with van der Waals surface area (Å²) in [6.07, 6.45) is 0.574. The van der Waals surface area contributed by atoms with Crippen LogP contribution in [-0.4, -0.2) is 43.1 Å². The third kappa shape index (κ3) is 3.95. The number of amides is 1. The van der Waals surface area contributed by atoms with Crippen molar-refractivity contribution < 1.29 is 13.2 Å². The highest BCUT2D eigenvalue weighted by atomic mass is 32.2. The van der Waals surface area contributed by atoms with Crippen LogP contribution in [-0.2, 0) is 10.0 Å². The molecule has 2 heterocycles. The highest BCUT2D eigenvalue weighted by Crippen LogP contribution is 2.19. The average Bonchev–Trinajstić information content (AvgIpc) is 2.83. The SMILES string of the molecule is CC(C)c1ccc(C(=O)N2CC[C@@H](CS(N)(=O)=O)C2)c(=O)[nH]1. The number of carbonyl (C=O) groups excluding carboxylic acids is 1. The fourth-order valence-electron chi connectivity index (χ4n) is 2.65. The molecular weight excluding hydrogens is 306 g/mol. The Morgan fingerprint density at radius 2 is 2.14 bits per heavy atom. The standard InChI is InChI=1S/C14H21N3O4S/c1-9(2)12-4-3-11(13(18)16-12)14(19)17-6-5-10(7-17)8-22(15,20)21/h3-4,9-10H,5-8H2,1-2H3,(H,16,18)(H2,15,20,21)/t10-/m1/s1. The van der Waals surface area contributed by atoms with E-state index in [1.165, 1.54) is 11.0 Å². The molecule has 0 bridgehead atoms. The average molecular weight is 327 g/mol. The normalized spacial score (nSPS) is 18.9. The van der Waals surface area contributed by atoms with E-state index in [1.807, 2.05) is 13.8 Å². The summed E-state index contributed by atoms with van der Waals surface area (Å²) in [5.41, 5.74) is 0.446. The number of likely N-dealkylation sites (tertiary alicyclic amines) is 1. The van der Waals surface area contributed by atoms with Crippen molar-refractivity contribution in [2.45, 2.75) is 26.2 Å². The Labute approximate surface area is 129 Å². The zero-order valence-corrected chi connectivity index (χ0v) is 13.5. The molecule has 0 radical (unpaired) electrons. The van der Waals surface area contributed by atoms with Crippen LogP contribution < -0.4 is 10.7 Å². The smallest absolute Gasteiger partial charge is 0.261 e. The molecule has 1 aromatic rings. The van der Waals surface area contributed by atoms with Gasteiger partial charge in [0.25, 0.3) is 11.5 Å². The van der Waals surface area contributed by atoms with Gasteiger partial charge < -0.3 is 9.88 Å². The van der Waals surface area contributed by atoms with E-state index < -0.39 is 15.6 Å². The Morgan fingerprint density at radius 1 is 1.45 bits per heavy atom. The second-order valence-electron chi connectivity index (χ2n) is 6.05. The summed E-state index contributed by atoms with van der Waals surface area (Å²) in [4.78, 5) is 28.6. The number of hydrogen-bond donors (Lipinski definition) is 2. The number of hydrogen-bond acceptors (Lipinski definition) is 4. The van der Waals surface area contributed by atoms with E-state index in [-0.39, 0.29) is 29.1 Å². The summed E-state index contributed by atoms with van der Waals surface area (Å²) in [6, 6.07) is 3.26. The van der Waals surface area contributed by atoms with E-state index in [1.54, 1.807) is 6.07 Å². The first-order valence-corrected chi connectivity index (χ1v) is 8.92. The third-order valence-electron chi connectivity index (χ3n) is 3.83. The van der Waals surface area contributed by atoms with E-state index >= 15 is 0 Å². The molecule has 122 valence electrons. The molecule has 1 fully saturated rings. The monoisotopic (exact) mass is 327 g/mol. The van der Waals surface area contributed by atoms with Crippen LogP contribution in [0.3, 0.4) is 0 Å². The number of primary sulfonamides is 1. The maximum Gasteiger partial charge on any atom is 0.261 e. The molecule has 0 spiro atoms. The summed E-state index contributed by atoms with van der Waals surface area (Å²) in [7, 11) is -3.55. The number of nitrogens with zero attached hydrogens (tertiary/aromatic N) is 1. The van der Waals surface area contributed by atoms with E-state index in [0.29, 0.717) is 19.5 Å². The number of H-pyrrole nitrogens is 1. The van der Waals surface area contributed by atoms with Crippen molar-refractivity contribution in [3.63, 3.8) is 0 Å². The van der Waals surface area contributed by atoms with Gasteiger partial charge in [0.05, 0.1) is 5.75 Å². The Morgan fingerprint density at radius 3 is 2.68 bits per heavy atom. The first-order chi connectivity index (χ1) is 10.2. The molecule has 1 amide bonds. The molecule has 0 unspecified atom stereocenters. The first-order valence-electron chi connectivity index (χ1n) is 7.20. The molecule has 1 aliphatic heterocycles. The second-order valence-corrected chi connectivity index (χ2v) is 7.71. The van der Waals surface area contributed by atoms with Crippen molar-refractivity contribution in [3.8, 4) is 0 Å². The van der Waals surface area contributed by atoms with Crippen molar-refractivity contribution in [1.82, 2.24) is 9.88 Å². The lowest BCUT2D eigenvalue weighted by Crippen LogP contribution is -2.34. The van der Waals surface area contributed by atoms with Crippen LogP contribution in [0.15, 0.2) is 16.9 Å². The number of nitrogens with two attached hydrogens (primary N) is 1. The Kier molecular flexibility index (Phi) is 4.72. The van der Waals surface area contributed by atoms with Gasteiger partial charge in [-0.2, -0.15) is 0 Å². The number of aromatic nitrogens is 1. The van der Waals surface area contributed by atoms with Gasteiger partial charge in [0.1, 0.15) is 5.56 Å². The van der Waals surface area contributed by atoms with Crippen molar-refractivity contribution in [3.05, 3.63) is 33.7 Å². The molecule has 0 saturated carbocycles. The first kappa shape index (κ1) is 16.7. The predicted molar refractivity (Wildman–Crippen MR) is 83.1 cm³/mol. The maximum absolute atomic E-state index is 12.4. The van der Waals surface area contributed by atoms with Crippen LogP contribution in [0.2, 0.25) is 0 Å². The summed E-state index contributed by atoms with van der Waals surface area (Å²) >= 11 is 0. The summed E-state index contributed by atoms with van der Waals surface area (Å²) in [6.45, 7) is 4.64.